The fourth-order valence-electron chi connectivity index (χ4n) is 2.51. The second-order valence-corrected chi connectivity index (χ2v) is 5.28. The van der Waals surface area contributed by atoms with Gasteiger partial charge in [0.05, 0.1) is 11.1 Å². The predicted octanol–water partition coefficient (Wildman–Crippen LogP) is 1.38. The van der Waals surface area contributed by atoms with Crippen molar-refractivity contribution in [2.75, 3.05) is 0 Å². The van der Waals surface area contributed by atoms with Crippen LogP contribution in [-0.4, -0.2) is 33.6 Å². The van der Waals surface area contributed by atoms with Gasteiger partial charge in [-0.2, -0.15) is 0 Å². The summed E-state index contributed by atoms with van der Waals surface area (Å²) in [5, 5.41) is 2.73. The zero-order valence-corrected chi connectivity index (χ0v) is 12.5. The van der Waals surface area contributed by atoms with E-state index in [0.717, 1.165) is 10.5 Å². The minimum atomic E-state index is -0.871. The zero-order valence-electron chi connectivity index (χ0n) is 12.5. The Hall–Kier alpha value is -3.02. The number of fused-ring (bicyclic) bond motifs is 1. The molecule has 1 aliphatic heterocycles. The monoisotopic (exact) mass is 309 g/mol. The fraction of sp³-hybridized carbons (Fsp3) is 0.176. The lowest BCUT2D eigenvalue weighted by molar-refractivity contribution is -0.124. The largest absolute Gasteiger partial charge is 0.350 e. The summed E-state index contributed by atoms with van der Waals surface area (Å²) in [6, 6.07) is 9.28. The van der Waals surface area contributed by atoms with Gasteiger partial charge in [-0.3, -0.25) is 24.3 Å². The van der Waals surface area contributed by atoms with E-state index in [2.05, 4.69) is 10.3 Å². The third-order valence-electron chi connectivity index (χ3n) is 3.81. The van der Waals surface area contributed by atoms with Crippen molar-refractivity contribution in [3.63, 3.8) is 0 Å². The van der Waals surface area contributed by atoms with E-state index < -0.39 is 17.9 Å². The first-order chi connectivity index (χ1) is 11.1. The van der Waals surface area contributed by atoms with Crippen LogP contribution in [-0.2, 0) is 11.3 Å². The van der Waals surface area contributed by atoms with Crippen molar-refractivity contribution in [3.8, 4) is 0 Å². The number of hydrogen-bond acceptors (Lipinski definition) is 4. The number of aromatic nitrogens is 1. The molecule has 2 heterocycles. The molecule has 3 rings (SSSR count). The normalized spacial score (nSPS) is 14.6. The average Bonchev–Trinajstić information content (AvgIpc) is 2.84. The smallest absolute Gasteiger partial charge is 0.262 e. The van der Waals surface area contributed by atoms with Gasteiger partial charge in [0.1, 0.15) is 6.04 Å². The lowest BCUT2D eigenvalue weighted by Gasteiger charge is -2.21. The van der Waals surface area contributed by atoms with Crippen molar-refractivity contribution in [3.05, 3.63) is 65.5 Å². The summed E-state index contributed by atoms with van der Waals surface area (Å²) < 4.78 is 0. The molecule has 1 aliphatic rings. The number of pyridine rings is 1. The summed E-state index contributed by atoms with van der Waals surface area (Å²) >= 11 is 0. The first-order valence-corrected chi connectivity index (χ1v) is 7.23. The van der Waals surface area contributed by atoms with Crippen LogP contribution in [0.2, 0.25) is 0 Å². The van der Waals surface area contributed by atoms with Gasteiger partial charge in [0.2, 0.25) is 5.91 Å². The number of imide groups is 1. The standard InChI is InChI=1S/C17H15N3O3/c1-11(15(21)19-10-12-6-8-18-9-7-12)20-16(22)13-4-2-3-5-14(13)17(20)23/h2-9,11H,10H2,1H3,(H,19,21)/t11-/m1/s1. The number of carbonyl (C=O) groups is 3. The number of carbonyl (C=O) groups excluding carboxylic acids is 3. The van der Waals surface area contributed by atoms with Gasteiger partial charge in [0.25, 0.3) is 11.8 Å². The van der Waals surface area contributed by atoms with Crippen molar-refractivity contribution in [2.45, 2.75) is 19.5 Å². The molecule has 1 N–H and O–H groups in total. The molecule has 116 valence electrons. The van der Waals surface area contributed by atoms with Gasteiger partial charge in [-0.1, -0.05) is 12.1 Å². The van der Waals surface area contributed by atoms with Gasteiger partial charge >= 0.3 is 0 Å². The average molecular weight is 309 g/mol. The zero-order chi connectivity index (χ0) is 16.4. The van der Waals surface area contributed by atoms with E-state index in [1.165, 1.54) is 0 Å². The second-order valence-electron chi connectivity index (χ2n) is 5.28. The Labute approximate surface area is 133 Å². The van der Waals surface area contributed by atoms with Crippen LogP contribution in [0.1, 0.15) is 33.2 Å². The first kappa shape index (κ1) is 14.9. The van der Waals surface area contributed by atoms with Crippen LogP contribution < -0.4 is 5.32 Å². The summed E-state index contributed by atoms with van der Waals surface area (Å²) in [5.74, 6) is -1.24. The van der Waals surface area contributed by atoms with E-state index in [9.17, 15) is 14.4 Å². The number of rotatable bonds is 4. The van der Waals surface area contributed by atoms with E-state index in [4.69, 9.17) is 0 Å². The SMILES string of the molecule is C[C@H](C(=O)NCc1ccncc1)N1C(=O)c2ccccc2C1=O. The molecule has 0 spiro atoms. The lowest BCUT2D eigenvalue weighted by Crippen LogP contribution is -2.47. The maximum atomic E-state index is 12.3. The van der Waals surface area contributed by atoms with Gasteiger partial charge in [0, 0.05) is 18.9 Å². The summed E-state index contributed by atoms with van der Waals surface area (Å²) in [7, 11) is 0. The number of benzene rings is 1. The maximum absolute atomic E-state index is 12.3. The van der Waals surface area contributed by atoms with Crippen molar-refractivity contribution in [1.82, 2.24) is 15.2 Å². The van der Waals surface area contributed by atoms with E-state index in [1.807, 2.05) is 0 Å². The molecular weight excluding hydrogens is 294 g/mol. The lowest BCUT2D eigenvalue weighted by atomic mass is 10.1. The molecule has 0 fully saturated rings. The highest BCUT2D eigenvalue weighted by atomic mass is 16.2. The van der Waals surface area contributed by atoms with Crippen molar-refractivity contribution in [1.29, 1.82) is 0 Å². The number of nitrogens with zero attached hydrogens (tertiary/aromatic N) is 2. The molecule has 1 aromatic carbocycles. The van der Waals surface area contributed by atoms with E-state index in [-0.39, 0.29) is 5.91 Å². The first-order valence-electron chi connectivity index (χ1n) is 7.23. The van der Waals surface area contributed by atoms with Gasteiger partial charge < -0.3 is 5.32 Å². The third-order valence-corrected chi connectivity index (χ3v) is 3.81. The Kier molecular flexibility index (Phi) is 3.89. The molecule has 23 heavy (non-hydrogen) atoms. The summed E-state index contributed by atoms with van der Waals surface area (Å²) in [6.07, 6.45) is 3.27. The molecule has 6 heteroatoms. The van der Waals surface area contributed by atoms with Gasteiger partial charge in [0.15, 0.2) is 0 Å². The molecule has 0 unspecified atom stereocenters. The van der Waals surface area contributed by atoms with Gasteiger partial charge in [-0.15, -0.1) is 0 Å². The Morgan fingerprint density at radius 1 is 1.09 bits per heavy atom. The Morgan fingerprint density at radius 3 is 2.22 bits per heavy atom. The predicted molar refractivity (Wildman–Crippen MR) is 82.5 cm³/mol. The van der Waals surface area contributed by atoms with E-state index in [1.54, 1.807) is 55.7 Å². The van der Waals surface area contributed by atoms with Crippen LogP contribution in [0.3, 0.4) is 0 Å². The highest BCUT2D eigenvalue weighted by Gasteiger charge is 2.40. The molecule has 1 aromatic heterocycles. The summed E-state index contributed by atoms with van der Waals surface area (Å²) in [4.78, 5) is 41.9. The summed E-state index contributed by atoms with van der Waals surface area (Å²) in [5.41, 5.74) is 1.57. The molecule has 0 radical (unpaired) electrons. The fourth-order valence-corrected chi connectivity index (χ4v) is 2.51. The highest BCUT2D eigenvalue weighted by Crippen LogP contribution is 2.24. The van der Waals surface area contributed by atoms with Crippen LogP contribution in [0, 0.1) is 0 Å². The molecule has 0 aliphatic carbocycles. The third kappa shape index (κ3) is 2.70. The minimum Gasteiger partial charge on any atom is -0.350 e. The van der Waals surface area contributed by atoms with Crippen molar-refractivity contribution < 1.29 is 14.4 Å². The van der Waals surface area contributed by atoms with Crippen LogP contribution in [0.15, 0.2) is 48.8 Å². The molecule has 0 saturated heterocycles. The van der Waals surface area contributed by atoms with Crippen LogP contribution in [0.25, 0.3) is 0 Å². The van der Waals surface area contributed by atoms with Crippen molar-refractivity contribution in [2.24, 2.45) is 0 Å². The highest BCUT2D eigenvalue weighted by molar-refractivity contribution is 6.22. The van der Waals surface area contributed by atoms with Gasteiger partial charge in [-0.05, 0) is 36.8 Å². The number of hydrogen-bond donors (Lipinski definition) is 1. The van der Waals surface area contributed by atoms with E-state index in [0.29, 0.717) is 17.7 Å². The summed E-state index contributed by atoms with van der Waals surface area (Å²) in [6.45, 7) is 1.86. The van der Waals surface area contributed by atoms with Gasteiger partial charge in [-0.25, -0.2) is 0 Å². The van der Waals surface area contributed by atoms with Crippen LogP contribution in [0.5, 0.6) is 0 Å². The molecule has 2 aromatic rings. The molecule has 1 atom stereocenters. The quantitative estimate of drug-likeness (QED) is 0.865. The molecular formula is C17H15N3O3. The molecule has 0 saturated carbocycles. The Balaban J connectivity index is 1.71. The Bertz CT molecular complexity index is 739. The number of amides is 3. The molecule has 3 amide bonds. The number of nitrogens with one attached hydrogen (secondary N) is 1. The van der Waals surface area contributed by atoms with Crippen molar-refractivity contribution >= 4 is 17.7 Å². The maximum Gasteiger partial charge on any atom is 0.262 e. The molecule has 6 nitrogen and oxygen atoms in total. The minimum absolute atomic E-state index is 0.314. The van der Waals surface area contributed by atoms with Crippen LogP contribution >= 0.6 is 0 Å². The Morgan fingerprint density at radius 2 is 1.65 bits per heavy atom. The molecule has 0 bridgehead atoms. The topological polar surface area (TPSA) is 79.4 Å². The second kappa shape index (κ2) is 6.00. The van der Waals surface area contributed by atoms with Crippen LogP contribution in [0.4, 0.5) is 0 Å². The van der Waals surface area contributed by atoms with E-state index >= 15 is 0 Å².